The largest absolute Gasteiger partial charge is 0.496 e. The van der Waals surface area contributed by atoms with E-state index in [4.69, 9.17) is 14.6 Å². The molecule has 0 bridgehead atoms. The van der Waals surface area contributed by atoms with Crippen LogP contribution in [0, 0.1) is 13.8 Å². The lowest BCUT2D eigenvalue weighted by Gasteiger charge is -2.15. The van der Waals surface area contributed by atoms with Gasteiger partial charge in [-0.2, -0.15) is 0 Å². The Hall–Kier alpha value is -2.27. The highest BCUT2D eigenvalue weighted by Gasteiger charge is 2.09. The number of carboxylic acids is 1. The molecule has 0 spiro atoms. The van der Waals surface area contributed by atoms with E-state index in [-0.39, 0.29) is 0 Å². The fourth-order valence-electron chi connectivity index (χ4n) is 2.46. The number of aryl methyl sites for hydroxylation is 2. The Balaban J connectivity index is 2.25. The lowest BCUT2D eigenvalue weighted by molar-refractivity contribution is -0.131. The number of hydrogen-bond acceptors (Lipinski definition) is 3. The molecule has 4 nitrogen and oxygen atoms in total. The second-order valence-electron chi connectivity index (χ2n) is 5.40. The number of carbonyl (C=O) groups is 1. The van der Waals surface area contributed by atoms with Crippen molar-refractivity contribution in [1.82, 2.24) is 0 Å². The zero-order valence-electron chi connectivity index (χ0n) is 13.8. The van der Waals surface area contributed by atoms with Crippen molar-refractivity contribution in [3.8, 4) is 11.5 Å². The van der Waals surface area contributed by atoms with Crippen LogP contribution in [0.5, 0.6) is 11.5 Å². The van der Waals surface area contributed by atoms with Crippen LogP contribution in [0.4, 0.5) is 0 Å². The highest BCUT2D eigenvalue weighted by atomic mass is 79.9. The maximum Gasteiger partial charge on any atom is 0.328 e. The number of halogens is 1. The maximum absolute atomic E-state index is 10.7. The molecule has 0 saturated carbocycles. The first kappa shape index (κ1) is 18.1. The van der Waals surface area contributed by atoms with Gasteiger partial charge >= 0.3 is 5.97 Å². The number of ether oxygens (including phenoxy) is 2. The van der Waals surface area contributed by atoms with Crippen LogP contribution in [0.1, 0.15) is 22.3 Å². The van der Waals surface area contributed by atoms with Crippen molar-refractivity contribution in [1.29, 1.82) is 0 Å². The molecular formula is C19H19BrO4. The number of hydrogen-bond donors (Lipinski definition) is 1. The van der Waals surface area contributed by atoms with E-state index in [0.29, 0.717) is 12.4 Å². The molecule has 24 heavy (non-hydrogen) atoms. The smallest absolute Gasteiger partial charge is 0.328 e. The second kappa shape index (κ2) is 8.02. The minimum atomic E-state index is -0.982. The van der Waals surface area contributed by atoms with Gasteiger partial charge in [-0.1, -0.05) is 22.0 Å². The van der Waals surface area contributed by atoms with Crippen molar-refractivity contribution in [2.45, 2.75) is 20.5 Å². The van der Waals surface area contributed by atoms with E-state index >= 15 is 0 Å². The average molecular weight is 391 g/mol. The quantitative estimate of drug-likeness (QED) is 0.722. The fraction of sp³-hybridized carbons (Fsp3) is 0.211. The predicted octanol–water partition coefficient (Wildman–Crippen LogP) is 4.75. The van der Waals surface area contributed by atoms with Crippen LogP contribution in [-0.4, -0.2) is 18.2 Å². The molecule has 0 fully saturated rings. The Morgan fingerprint density at radius 3 is 2.46 bits per heavy atom. The van der Waals surface area contributed by atoms with Gasteiger partial charge in [0, 0.05) is 16.1 Å². The standard InChI is InChI=1S/C19H19BrO4/c1-12-8-16(20)9-13(2)19(12)24-11-15-10-14(5-7-18(21)22)4-6-17(15)23-3/h4-10H,11H2,1-3H3,(H,21,22)/b7-5+. The van der Waals surface area contributed by atoms with Gasteiger partial charge in [-0.3, -0.25) is 0 Å². The minimum Gasteiger partial charge on any atom is -0.496 e. The molecule has 0 heterocycles. The second-order valence-corrected chi connectivity index (χ2v) is 6.32. The van der Waals surface area contributed by atoms with Crippen molar-refractivity contribution >= 4 is 28.0 Å². The third-order valence-corrected chi connectivity index (χ3v) is 3.98. The molecule has 0 saturated heterocycles. The van der Waals surface area contributed by atoms with Gasteiger partial charge in [-0.15, -0.1) is 0 Å². The molecule has 0 aliphatic heterocycles. The zero-order chi connectivity index (χ0) is 17.7. The third-order valence-electron chi connectivity index (χ3n) is 3.52. The number of carboxylic acid groups (broad SMARTS) is 1. The van der Waals surface area contributed by atoms with Gasteiger partial charge in [-0.05, 0) is 60.9 Å². The summed E-state index contributed by atoms with van der Waals surface area (Å²) in [7, 11) is 1.60. The van der Waals surface area contributed by atoms with E-state index in [0.717, 1.165) is 38.6 Å². The normalized spacial score (nSPS) is 10.8. The van der Waals surface area contributed by atoms with Crippen molar-refractivity contribution in [2.24, 2.45) is 0 Å². The van der Waals surface area contributed by atoms with Crippen molar-refractivity contribution in [3.05, 3.63) is 63.1 Å². The molecule has 0 unspecified atom stereocenters. The predicted molar refractivity (Wildman–Crippen MR) is 97.6 cm³/mol. The Kier molecular flexibility index (Phi) is 6.04. The molecule has 0 aliphatic carbocycles. The SMILES string of the molecule is COc1ccc(/C=C/C(=O)O)cc1COc1c(C)cc(Br)cc1C. The lowest BCUT2D eigenvalue weighted by Crippen LogP contribution is -2.02. The van der Waals surface area contributed by atoms with Crippen LogP contribution in [0.25, 0.3) is 6.08 Å². The van der Waals surface area contributed by atoms with Gasteiger partial charge in [-0.25, -0.2) is 4.79 Å². The van der Waals surface area contributed by atoms with Crippen molar-refractivity contribution in [3.63, 3.8) is 0 Å². The van der Waals surface area contributed by atoms with Crippen LogP contribution in [0.3, 0.4) is 0 Å². The first-order valence-corrected chi connectivity index (χ1v) is 8.17. The summed E-state index contributed by atoms with van der Waals surface area (Å²) in [6, 6.07) is 9.48. The lowest BCUT2D eigenvalue weighted by atomic mass is 10.1. The summed E-state index contributed by atoms with van der Waals surface area (Å²) in [6.45, 7) is 4.33. The average Bonchev–Trinajstić information content (AvgIpc) is 2.52. The zero-order valence-corrected chi connectivity index (χ0v) is 15.4. The van der Waals surface area contributed by atoms with Gasteiger partial charge in [0.1, 0.15) is 18.1 Å². The summed E-state index contributed by atoms with van der Waals surface area (Å²) < 4.78 is 12.4. The molecule has 5 heteroatoms. The van der Waals surface area contributed by atoms with E-state index in [2.05, 4.69) is 15.9 Å². The summed E-state index contributed by atoms with van der Waals surface area (Å²) in [5.74, 6) is 0.561. The Labute approximate surface area is 149 Å². The molecule has 0 amide bonds. The molecule has 0 aromatic heterocycles. The van der Waals surface area contributed by atoms with Crippen LogP contribution >= 0.6 is 15.9 Å². The molecule has 1 N–H and O–H groups in total. The van der Waals surface area contributed by atoms with Crippen LogP contribution < -0.4 is 9.47 Å². The highest BCUT2D eigenvalue weighted by molar-refractivity contribution is 9.10. The number of benzene rings is 2. The molecule has 126 valence electrons. The monoisotopic (exact) mass is 390 g/mol. The molecule has 0 radical (unpaired) electrons. The summed E-state index contributed by atoms with van der Waals surface area (Å²) in [4.78, 5) is 10.7. The van der Waals surface area contributed by atoms with Crippen LogP contribution in [0.2, 0.25) is 0 Å². The Morgan fingerprint density at radius 2 is 1.88 bits per heavy atom. The van der Waals surface area contributed by atoms with Gasteiger partial charge in [0.2, 0.25) is 0 Å². The Bertz CT molecular complexity index is 758. The first-order valence-electron chi connectivity index (χ1n) is 7.38. The molecule has 0 atom stereocenters. The van der Waals surface area contributed by atoms with E-state index in [1.807, 2.05) is 38.1 Å². The molecule has 2 aromatic rings. The van der Waals surface area contributed by atoms with E-state index < -0.39 is 5.97 Å². The molecular weight excluding hydrogens is 372 g/mol. The molecule has 2 rings (SSSR count). The van der Waals surface area contributed by atoms with E-state index in [1.165, 1.54) is 0 Å². The third kappa shape index (κ3) is 4.61. The van der Waals surface area contributed by atoms with Gasteiger partial charge in [0.25, 0.3) is 0 Å². The summed E-state index contributed by atoms with van der Waals surface area (Å²) in [6.07, 6.45) is 2.65. The maximum atomic E-state index is 10.7. The van der Waals surface area contributed by atoms with Gasteiger partial charge in [0.15, 0.2) is 0 Å². The minimum absolute atomic E-state index is 0.335. The van der Waals surface area contributed by atoms with Crippen molar-refractivity contribution in [2.75, 3.05) is 7.11 Å². The number of rotatable bonds is 6. The highest BCUT2D eigenvalue weighted by Crippen LogP contribution is 2.29. The summed E-state index contributed by atoms with van der Waals surface area (Å²) in [5.41, 5.74) is 3.72. The summed E-state index contributed by atoms with van der Waals surface area (Å²) in [5, 5.41) is 8.74. The number of aliphatic carboxylic acids is 1. The van der Waals surface area contributed by atoms with E-state index in [1.54, 1.807) is 19.3 Å². The van der Waals surface area contributed by atoms with Gasteiger partial charge in [0.05, 0.1) is 7.11 Å². The Morgan fingerprint density at radius 1 is 1.21 bits per heavy atom. The molecule has 2 aromatic carbocycles. The van der Waals surface area contributed by atoms with E-state index in [9.17, 15) is 4.79 Å². The van der Waals surface area contributed by atoms with Crippen molar-refractivity contribution < 1.29 is 19.4 Å². The molecule has 0 aliphatic rings. The summed E-state index contributed by atoms with van der Waals surface area (Å²) >= 11 is 3.47. The van der Waals surface area contributed by atoms with Crippen LogP contribution in [0.15, 0.2) is 40.9 Å². The van der Waals surface area contributed by atoms with Crippen LogP contribution in [-0.2, 0) is 11.4 Å². The van der Waals surface area contributed by atoms with Gasteiger partial charge < -0.3 is 14.6 Å². The first-order chi connectivity index (χ1) is 11.4. The topological polar surface area (TPSA) is 55.8 Å². The fourth-order valence-corrected chi connectivity index (χ4v) is 3.14. The number of methoxy groups -OCH3 is 1.